The van der Waals surface area contributed by atoms with Crippen LogP contribution in [0.3, 0.4) is 0 Å². The third kappa shape index (κ3) is 8.84. The second kappa shape index (κ2) is 16.4. The summed E-state index contributed by atoms with van der Waals surface area (Å²) in [5.74, 6) is -7.03. The molecule has 1 aromatic heterocycles. The number of ether oxygens (including phenoxy) is 8. The zero-order chi connectivity index (χ0) is 40.5. The normalized spacial score (nSPS) is 27.8. The van der Waals surface area contributed by atoms with E-state index in [1.807, 2.05) is 0 Å². The number of esters is 4. The Hall–Kier alpha value is -5.67. The Morgan fingerprint density at radius 3 is 1.91 bits per heavy atom. The van der Waals surface area contributed by atoms with Crippen molar-refractivity contribution in [2.45, 2.75) is 96.0 Å². The number of phenols is 4. The highest BCUT2D eigenvalue weighted by molar-refractivity contribution is 5.88. The zero-order valence-electron chi connectivity index (χ0n) is 29.8. The molecule has 2 aliphatic heterocycles. The van der Waals surface area contributed by atoms with Crippen LogP contribution in [0, 0.1) is 0 Å². The van der Waals surface area contributed by atoms with Crippen LogP contribution in [0.2, 0.25) is 0 Å². The molecule has 2 saturated heterocycles. The van der Waals surface area contributed by atoms with Crippen LogP contribution >= 0.6 is 0 Å². The fraction of sp³-hybridized carbons (Fsp3) is 0.457. The van der Waals surface area contributed by atoms with Gasteiger partial charge in [-0.2, -0.15) is 0 Å². The third-order valence-corrected chi connectivity index (χ3v) is 8.39. The fourth-order valence-electron chi connectivity index (χ4n) is 6.11. The van der Waals surface area contributed by atoms with Gasteiger partial charge in [0.05, 0.1) is 12.7 Å². The van der Waals surface area contributed by atoms with Crippen molar-refractivity contribution in [3.8, 4) is 40.1 Å². The molecule has 10 unspecified atom stereocenters. The number of fused-ring (bicyclic) bond motifs is 1. The molecular formula is C35H38O20. The van der Waals surface area contributed by atoms with Crippen molar-refractivity contribution < 1.29 is 92.1 Å². The Bertz CT molecular complexity index is 2010. The van der Waals surface area contributed by atoms with Crippen LogP contribution < -0.4 is 10.2 Å². The van der Waals surface area contributed by atoms with E-state index in [2.05, 4.69) is 0 Å². The Morgan fingerprint density at radius 2 is 1.29 bits per heavy atom. The van der Waals surface area contributed by atoms with Crippen molar-refractivity contribution in [2.75, 3.05) is 6.61 Å². The summed E-state index contributed by atoms with van der Waals surface area (Å²) in [5.41, 5.74) is -1.50. The molecule has 6 N–H and O–H groups in total. The lowest BCUT2D eigenvalue weighted by molar-refractivity contribution is -0.322. The summed E-state index contributed by atoms with van der Waals surface area (Å²) in [5, 5.41) is 62.7. The van der Waals surface area contributed by atoms with Crippen molar-refractivity contribution in [2.24, 2.45) is 0 Å². The van der Waals surface area contributed by atoms with E-state index < -0.39 is 137 Å². The van der Waals surface area contributed by atoms with Gasteiger partial charge in [0.15, 0.2) is 54.1 Å². The van der Waals surface area contributed by atoms with E-state index in [9.17, 15) is 54.6 Å². The first kappa shape index (κ1) is 40.5. The van der Waals surface area contributed by atoms with Gasteiger partial charge in [-0.3, -0.25) is 24.0 Å². The van der Waals surface area contributed by atoms with Crippen LogP contribution in [-0.2, 0) is 52.3 Å². The largest absolute Gasteiger partial charge is 0.508 e. The number of aliphatic hydroxyl groups excluding tert-OH is 2. The molecule has 20 heteroatoms. The van der Waals surface area contributed by atoms with Gasteiger partial charge < -0.3 is 73.0 Å². The van der Waals surface area contributed by atoms with E-state index in [-0.39, 0.29) is 11.1 Å². The van der Waals surface area contributed by atoms with Crippen LogP contribution in [0.4, 0.5) is 0 Å². The van der Waals surface area contributed by atoms with E-state index in [4.69, 9.17) is 42.3 Å². The molecule has 20 nitrogen and oxygen atoms in total. The number of aliphatic hydroxyl groups is 2. The highest BCUT2D eigenvalue weighted by Crippen LogP contribution is 2.40. The molecule has 55 heavy (non-hydrogen) atoms. The van der Waals surface area contributed by atoms with E-state index >= 15 is 0 Å². The van der Waals surface area contributed by atoms with Crippen LogP contribution in [0.25, 0.3) is 22.3 Å². The minimum atomic E-state index is -2.03. The molecular weight excluding hydrogens is 740 g/mol. The molecule has 10 atom stereocenters. The zero-order valence-corrected chi connectivity index (χ0v) is 29.8. The summed E-state index contributed by atoms with van der Waals surface area (Å²) in [4.78, 5) is 62.1. The summed E-state index contributed by atoms with van der Waals surface area (Å²) in [6, 6.07) is 5.12. The number of carbonyl (C=O) groups excluding carboxylic acids is 4. The highest BCUT2D eigenvalue weighted by atomic mass is 16.7. The molecule has 298 valence electrons. The maximum atomic E-state index is 13.9. The highest BCUT2D eigenvalue weighted by Gasteiger charge is 2.53. The standard InChI is InChI=1S/C35H38O20/c1-12-28(49-13(2)36)32(51-15(4)38)33(52-16(5)39)35(48-12)47-11-23-25(44)30(50-14(3)37)27(46)34(54-23)55-31-26(45)24-21(43)9-18(40)10-22(24)53-29(31)17-6-7-19(41)20(42)8-17/h6-10,12,23,25,27-28,30,32-35,40-44,46H,11H2,1-5H3. The number of carbonyl (C=O) groups is 4. The molecule has 2 fully saturated rings. The number of benzene rings is 2. The molecule has 3 heterocycles. The topological polar surface area (TPSA) is 294 Å². The Balaban J connectivity index is 1.52. The van der Waals surface area contributed by atoms with Gasteiger partial charge in [-0.05, 0) is 25.1 Å². The molecule has 2 aromatic carbocycles. The lowest BCUT2D eigenvalue weighted by atomic mass is 9.98. The van der Waals surface area contributed by atoms with Crippen LogP contribution in [0.15, 0.2) is 39.5 Å². The van der Waals surface area contributed by atoms with Gasteiger partial charge in [0, 0.05) is 45.4 Å². The van der Waals surface area contributed by atoms with Gasteiger partial charge in [-0.1, -0.05) is 0 Å². The fourth-order valence-corrected chi connectivity index (χ4v) is 6.11. The molecule has 2 aliphatic rings. The second-order valence-corrected chi connectivity index (χ2v) is 12.6. The van der Waals surface area contributed by atoms with Crippen LogP contribution in [0.1, 0.15) is 34.6 Å². The second-order valence-electron chi connectivity index (χ2n) is 12.6. The van der Waals surface area contributed by atoms with Gasteiger partial charge in [0.25, 0.3) is 0 Å². The van der Waals surface area contributed by atoms with Crippen molar-refractivity contribution in [3.63, 3.8) is 0 Å². The summed E-state index contributed by atoms with van der Waals surface area (Å²) in [6.07, 6.45) is -16.2. The lowest BCUT2D eigenvalue weighted by Gasteiger charge is -2.45. The van der Waals surface area contributed by atoms with Crippen LogP contribution in [0.5, 0.6) is 28.7 Å². The maximum absolute atomic E-state index is 13.9. The predicted octanol–water partition coefficient (Wildman–Crippen LogP) is 0.596. The average Bonchev–Trinajstić information content (AvgIpc) is 3.08. The summed E-state index contributed by atoms with van der Waals surface area (Å²) in [6.45, 7) is 4.93. The monoisotopic (exact) mass is 778 g/mol. The van der Waals surface area contributed by atoms with Gasteiger partial charge >= 0.3 is 23.9 Å². The van der Waals surface area contributed by atoms with Gasteiger partial charge in [-0.25, -0.2) is 0 Å². The Kier molecular flexibility index (Phi) is 12.1. The van der Waals surface area contributed by atoms with Gasteiger partial charge in [-0.15, -0.1) is 0 Å². The number of phenolic OH excluding ortho intramolecular Hbond substituents is 4. The van der Waals surface area contributed by atoms with E-state index in [0.717, 1.165) is 52.0 Å². The van der Waals surface area contributed by atoms with Crippen LogP contribution in [-0.4, -0.2) is 123 Å². The first-order chi connectivity index (χ1) is 25.9. The third-order valence-electron chi connectivity index (χ3n) is 8.39. The molecule has 0 spiro atoms. The molecule has 0 amide bonds. The van der Waals surface area contributed by atoms with Gasteiger partial charge in [0.2, 0.25) is 17.5 Å². The molecule has 0 saturated carbocycles. The van der Waals surface area contributed by atoms with E-state index in [1.54, 1.807) is 0 Å². The number of rotatable bonds is 10. The number of hydrogen-bond acceptors (Lipinski definition) is 20. The van der Waals surface area contributed by atoms with Gasteiger partial charge in [0.1, 0.15) is 34.7 Å². The molecule has 0 aliphatic carbocycles. The van der Waals surface area contributed by atoms with Crippen molar-refractivity contribution in [1.29, 1.82) is 0 Å². The summed E-state index contributed by atoms with van der Waals surface area (Å²) >= 11 is 0. The number of hydrogen-bond donors (Lipinski definition) is 6. The lowest BCUT2D eigenvalue weighted by Crippen LogP contribution is -2.63. The minimum absolute atomic E-state index is 0.0802. The molecule has 3 aromatic rings. The SMILES string of the molecule is CC(=O)OC1C(O)C(COC2OC(C)C(OC(C)=O)C(OC(C)=O)C2OC(C)=O)OC(Oc2c(-c3ccc(O)c(O)c3)oc3cc(O)cc(O)c3c2=O)C1O. The van der Waals surface area contributed by atoms with E-state index in [0.29, 0.717) is 0 Å². The van der Waals surface area contributed by atoms with Crippen molar-refractivity contribution in [3.05, 3.63) is 40.6 Å². The minimum Gasteiger partial charge on any atom is -0.508 e. The predicted molar refractivity (Wildman–Crippen MR) is 178 cm³/mol. The summed E-state index contributed by atoms with van der Waals surface area (Å²) < 4.78 is 50.5. The smallest absolute Gasteiger partial charge is 0.303 e. The van der Waals surface area contributed by atoms with Crippen molar-refractivity contribution in [1.82, 2.24) is 0 Å². The molecule has 0 radical (unpaired) electrons. The first-order valence-electron chi connectivity index (χ1n) is 16.6. The average molecular weight is 779 g/mol. The quantitative estimate of drug-likeness (QED) is 0.0933. The van der Waals surface area contributed by atoms with Crippen molar-refractivity contribution >= 4 is 34.8 Å². The maximum Gasteiger partial charge on any atom is 0.303 e. The molecule has 0 bridgehead atoms. The Morgan fingerprint density at radius 1 is 0.691 bits per heavy atom. The number of aromatic hydroxyl groups is 4. The van der Waals surface area contributed by atoms with E-state index in [1.165, 1.54) is 13.0 Å². The first-order valence-corrected chi connectivity index (χ1v) is 16.6. The molecule has 5 rings (SSSR count). The summed E-state index contributed by atoms with van der Waals surface area (Å²) in [7, 11) is 0. The Labute approximate surface area is 310 Å².